The van der Waals surface area contributed by atoms with Crippen LogP contribution in [0.1, 0.15) is 26.2 Å². The van der Waals surface area contributed by atoms with E-state index in [-0.39, 0.29) is 5.97 Å². The number of hydrogen-bond donors (Lipinski definition) is 0. The summed E-state index contributed by atoms with van der Waals surface area (Å²) in [5.41, 5.74) is 0. The highest BCUT2D eigenvalue weighted by molar-refractivity contribution is 5.69. The molecule has 0 aliphatic rings. The Labute approximate surface area is 79.2 Å². The van der Waals surface area contributed by atoms with Gasteiger partial charge >= 0.3 is 5.97 Å². The molecule has 0 aliphatic carbocycles. The van der Waals surface area contributed by atoms with Crippen molar-refractivity contribution in [2.45, 2.75) is 32.5 Å². The van der Waals surface area contributed by atoms with E-state index in [0.29, 0.717) is 19.4 Å². The number of rotatable bonds is 7. The largest absolute Gasteiger partial charge is 0.436 e. The molecule has 1 atom stereocenters. The van der Waals surface area contributed by atoms with Crippen LogP contribution >= 0.6 is 0 Å². The van der Waals surface area contributed by atoms with Gasteiger partial charge < -0.3 is 14.2 Å². The van der Waals surface area contributed by atoms with Crippen molar-refractivity contribution in [3.05, 3.63) is 0 Å². The predicted molar refractivity (Wildman–Crippen MR) is 48.3 cm³/mol. The van der Waals surface area contributed by atoms with Gasteiger partial charge in [-0.3, -0.25) is 4.79 Å². The average molecular weight is 190 g/mol. The van der Waals surface area contributed by atoms with Crippen LogP contribution in [0.2, 0.25) is 0 Å². The van der Waals surface area contributed by atoms with Crippen molar-refractivity contribution >= 4 is 5.97 Å². The second-order valence-electron chi connectivity index (χ2n) is 2.69. The highest BCUT2D eigenvalue weighted by Gasteiger charge is 2.11. The number of hydrogen-bond acceptors (Lipinski definition) is 4. The first kappa shape index (κ1) is 12.4. The summed E-state index contributed by atoms with van der Waals surface area (Å²) >= 11 is 0. The van der Waals surface area contributed by atoms with E-state index < -0.39 is 6.29 Å². The Morgan fingerprint density at radius 3 is 2.54 bits per heavy atom. The molecule has 1 unspecified atom stereocenters. The first-order valence-electron chi connectivity index (χ1n) is 4.45. The van der Waals surface area contributed by atoms with Gasteiger partial charge in [0, 0.05) is 27.1 Å². The Bertz CT molecular complexity index is 136. The zero-order chi connectivity index (χ0) is 10.1. The van der Waals surface area contributed by atoms with E-state index in [4.69, 9.17) is 14.2 Å². The molecule has 78 valence electrons. The SMILES string of the molecule is CCCC(=O)OC(CCOC)OC. The van der Waals surface area contributed by atoms with Gasteiger partial charge in [-0.05, 0) is 6.42 Å². The highest BCUT2D eigenvalue weighted by atomic mass is 16.7. The lowest BCUT2D eigenvalue weighted by Crippen LogP contribution is -2.21. The van der Waals surface area contributed by atoms with Gasteiger partial charge in [0.25, 0.3) is 0 Å². The van der Waals surface area contributed by atoms with Crippen LogP contribution in [0.5, 0.6) is 0 Å². The Morgan fingerprint density at radius 1 is 1.38 bits per heavy atom. The van der Waals surface area contributed by atoms with E-state index in [1.807, 2.05) is 6.92 Å². The third kappa shape index (κ3) is 6.54. The summed E-state index contributed by atoms with van der Waals surface area (Å²) < 4.78 is 14.8. The van der Waals surface area contributed by atoms with E-state index in [2.05, 4.69) is 0 Å². The molecule has 0 heterocycles. The van der Waals surface area contributed by atoms with Crippen molar-refractivity contribution in [3.8, 4) is 0 Å². The van der Waals surface area contributed by atoms with E-state index in [1.165, 1.54) is 7.11 Å². The van der Waals surface area contributed by atoms with Crippen molar-refractivity contribution in [2.24, 2.45) is 0 Å². The minimum absolute atomic E-state index is 0.217. The molecule has 0 aromatic carbocycles. The molecule has 0 fully saturated rings. The lowest BCUT2D eigenvalue weighted by Gasteiger charge is -2.15. The van der Waals surface area contributed by atoms with E-state index in [9.17, 15) is 4.79 Å². The summed E-state index contributed by atoms with van der Waals surface area (Å²) in [6, 6.07) is 0. The average Bonchev–Trinajstić information content (AvgIpc) is 2.12. The predicted octanol–water partition coefficient (Wildman–Crippen LogP) is 1.34. The lowest BCUT2D eigenvalue weighted by molar-refractivity contribution is -0.176. The zero-order valence-corrected chi connectivity index (χ0v) is 8.54. The number of ether oxygens (including phenoxy) is 3. The molecule has 4 nitrogen and oxygen atoms in total. The van der Waals surface area contributed by atoms with Gasteiger partial charge in [0.2, 0.25) is 6.29 Å². The van der Waals surface area contributed by atoms with E-state index >= 15 is 0 Å². The van der Waals surface area contributed by atoms with Crippen molar-refractivity contribution < 1.29 is 19.0 Å². The number of esters is 1. The molecule has 0 radical (unpaired) electrons. The Kier molecular flexibility index (Phi) is 7.63. The smallest absolute Gasteiger partial charge is 0.308 e. The molecule has 0 aromatic heterocycles. The number of carbonyl (C=O) groups excluding carboxylic acids is 1. The minimum atomic E-state index is -0.473. The van der Waals surface area contributed by atoms with Gasteiger partial charge in [0.1, 0.15) is 0 Å². The van der Waals surface area contributed by atoms with Gasteiger partial charge in [0.15, 0.2) is 0 Å². The maximum Gasteiger partial charge on any atom is 0.308 e. The third-order valence-corrected chi connectivity index (χ3v) is 1.54. The van der Waals surface area contributed by atoms with Crippen molar-refractivity contribution in [1.29, 1.82) is 0 Å². The Morgan fingerprint density at radius 2 is 2.08 bits per heavy atom. The molecule has 0 spiro atoms. The fraction of sp³-hybridized carbons (Fsp3) is 0.889. The topological polar surface area (TPSA) is 44.8 Å². The number of methoxy groups -OCH3 is 2. The maximum absolute atomic E-state index is 11.0. The Balaban J connectivity index is 3.62. The molecule has 0 saturated heterocycles. The van der Waals surface area contributed by atoms with Crippen LogP contribution in [0.3, 0.4) is 0 Å². The van der Waals surface area contributed by atoms with Crippen LogP contribution in [0.25, 0.3) is 0 Å². The number of carbonyl (C=O) groups is 1. The summed E-state index contributed by atoms with van der Waals surface area (Å²) in [5, 5.41) is 0. The fourth-order valence-electron chi connectivity index (χ4n) is 0.849. The summed E-state index contributed by atoms with van der Waals surface area (Å²) in [6.07, 6.45) is 1.33. The molecule has 0 bridgehead atoms. The second-order valence-corrected chi connectivity index (χ2v) is 2.69. The Hall–Kier alpha value is -0.610. The molecule has 4 heteroatoms. The zero-order valence-electron chi connectivity index (χ0n) is 8.54. The van der Waals surface area contributed by atoms with E-state index in [1.54, 1.807) is 7.11 Å². The molecule has 0 amide bonds. The highest BCUT2D eigenvalue weighted by Crippen LogP contribution is 2.02. The van der Waals surface area contributed by atoms with Crippen LogP contribution in [-0.2, 0) is 19.0 Å². The third-order valence-electron chi connectivity index (χ3n) is 1.54. The summed E-state index contributed by atoms with van der Waals surface area (Å²) in [4.78, 5) is 11.0. The first-order valence-corrected chi connectivity index (χ1v) is 4.45. The molecule has 0 rings (SSSR count). The molecular formula is C9H18O4. The molecule has 13 heavy (non-hydrogen) atoms. The van der Waals surface area contributed by atoms with Gasteiger partial charge in [-0.15, -0.1) is 0 Å². The summed E-state index contributed by atoms with van der Waals surface area (Å²) in [5.74, 6) is -0.217. The quantitative estimate of drug-likeness (QED) is 0.449. The minimum Gasteiger partial charge on any atom is -0.436 e. The van der Waals surface area contributed by atoms with Crippen LogP contribution in [0.15, 0.2) is 0 Å². The van der Waals surface area contributed by atoms with E-state index in [0.717, 1.165) is 6.42 Å². The van der Waals surface area contributed by atoms with Crippen LogP contribution in [-0.4, -0.2) is 33.1 Å². The maximum atomic E-state index is 11.0. The molecule has 0 saturated carbocycles. The molecule has 0 aromatic rings. The van der Waals surface area contributed by atoms with Gasteiger partial charge in [-0.25, -0.2) is 0 Å². The molecule has 0 N–H and O–H groups in total. The second kappa shape index (κ2) is 8.01. The molecule has 0 aliphatic heterocycles. The van der Waals surface area contributed by atoms with Gasteiger partial charge in [-0.2, -0.15) is 0 Å². The fourth-order valence-corrected chi connectivity index (χ4v) is 0.849. The van der Waals surface area contributed by atoms with Crippen LogP contribution < -0.4 is 0 Å². The van der Waals surface area contributed by atoms with Gasteiger partial charge in [-0.1, -0.05) is 6.92 Å². The lowest BCUT2D eigenvalue weighted by atomic mass is 10.3. The summed E-state index contributed by atoms with van der Waals surface area (Å²) in [7, 11) is 3.11. The normalized spacial score (nSPS) is 12.5. The van der Waals surface area contributed by atoms with Crippen molar-refractivity contribution in [1.82, 2.24) is 0 Å². The van der Waals surface area contributed by atoms with Gasteiger partial charge in [0.05, 0.1) is 6.61 Å². The summed E-state index contributed by atoms with van der Waals surface area (Å²) in [6.45, 7) is 2.45. The van der Waals surface area contributed by atoms with Crippen molar-refractivity contribution in [3.63, 3.8) is 0 Å². The standard InChI is InChI=1S/C9H18O4/c1-4-5-8(10)13-9(12-3)6-7-11-2/h9H,4-7H2,1-3H3. The van der Waals surface area contributed by atoms with Crippen LogP contribution in [0, 0.1) is 0 Å². The first-order chi connectivity index (χ1) is 6.24. The van der Waals surface area contributed by atoms with Crippen LogP contribution in [0.4, 0.5) is 0 Å². The monoisotopic (exact) mass is 190 g/mol. The molecular weight excluding hydrogens is 172 g/mol. The van der Waals surface area contributed by atoms with Crippen molar-refractivity contribution in [2.75, 3.05) is 20.8 Å².